The van der Waals surface area contributed by atoms with Crippen molar-refractivity contribution in [3.8, 4) is 50.6 Å². The molecule has 0 saturated carbocycles. The van der Waals surface area contributed by atoms with Gasteiger partial charge in [-0.15, -0.1) is 0 Å². The average molecular weight is 1990 g/mol. The van der Waals surface area contributed by atoms with Crippen molar-refractivity contribution in [3.05, 3.63) is 408 Å². The first-order chi connectivity index (χ1) is 61.8. The molecule has 0 aromatic heterocycles. The number of hydrogen-bond donors (Lipinski definition) is 0. The van der Waals surface area contributed by atoms with Gasteiger partial charge in [0, 0.05) is 41.0 Å². The number of alkyl halides is 7. The van der Waals surface area contributed by atoms with Gasteiger partial charge in [-0.25, -0.2) is 43.9 Å². The molecule has 1 heterocycles. The van der Waals surface area contributed by atoms with Crippen LogP contribution in [0.15, 0.2) is 328 Å². The smallest absolute Gasteiger partial charge is 0.0134 e. The third-order valence-corrected chi connectivity index (χ3v) is 25.8. The fraction of sp³-hybridized carbons (Fsp3) is 0.152. The van der Waals surface area contributed by atoms with E-state index in [0.29, 0.717) is 53.8 Å². The van der Waals surface area contributed by atoms with E-state index in [9.17, 15) is 83.1 Å². The molecule has 0 unspecified atom stereocenters. The van der Waals surface area contributed by atoms with Crippen LogP contribution in [0.4, 0.5) is 74.6 Å². The number of rotatable bonds is 22. The molecule has 14 aromatic carbocycles. The third kappa shape index (κ3) is 27.0. The summed E-state index contributed by atoms with van der Waals surface area (Å²) in [7, 11) is 2.02. The van der Waals surface area contributed by atoms with Crippen molar-refractivity contribution < 1.29 is 122 Å². The van der Waals surface area contributed by atoms with Gasteiger partial charge >= 0.3 is 70.0 Å². The van der Waals surface area contributed by atoms with Gasteiger partial charge in [0.05, 0.1) is 22.3 Å². The summed E-state index contributed by atoms with van der Waals surface area (Å²) in [6.45, 7) is 11.4. The second-order valence-corrected chi connectivity index (χ2v) is 37.9. The van der Waals surface area contributed by atoms with Crippen LogP contribution in [0.1, 0.15) is 76.6 Å². The quantitative estimate of drug-likeness (QED) is 0.0167. The van der Waals surface area contributed by atoms with Crippen LogP contribution < -0.4 is 50.9 Å². The number of halogens is 19. The summed E-state index contributed by atoms with van der Waals surface area (Å²) >= 11 is -0.106. The monoisotopic (exact) mass is 1980 g/mol. The molecule has 130 heavy (non-hydrogen) atoms. The molecule has 1 saturated heterocycles. The molecule has 31 heteroatoms. The van der Waals surface area contributed by atoms with Gasteiger partial charge < -0.3 is 23.0 Å². The van der Waals surface area contributed by atoms with Gasteiger partial charge in [-0.3, -0.25) is 0 Å². The molecule has 0 amide bonds. The molecule has 0 spiro atoms. The van der Waals surface area contributed by atoms with E-state index in [1.165, 1.54) is 86.4 Å². The van der Waals surface area contributed by atoms with Crippen molar-refractivity contribution >= 4 is 89.4 Å². The normalized spacial score (nSPS) is 12.8. The number of aryl methyl sites for hydroxylation is 2. The maximum atomic E-state index is 14.9. The van der Waals surface area contributed by atoms with Crippen LogP contribution >= 0.6 is 34.9 Å². The van der Waals surface area contributed by atoms with Gasteiger partial charge in [-0.1, -0.05) is 275 Å². The molecule has 680 valence electrons. The molecular weight excluding hydrogens is 1910 g/mol. The van der Waals surface area contributed by atoms with E-state index < -0.39 is 149 Å². The Morgan fingerprint density at radius 3 is 0.923 bits per heavy atom. The van der Waals surface area contributed by atoms with Crippen LogP contribution in [0, 0.1) is 58.2 Å². The Morgan fingerprint density at radius 2 is 0.631 bits per heavy atom. The molecule has 0 aliphatic carbocycles. The van der Waals surface area contributed by atoms with Crippen LogP contribution in [-0.4, -0.2) is 32.2 Å². The Hall–Kier alpha value is -10.7. The van der Waals surface area contributed by atoms with Crippen molar-refractivity contribution in [1.29, 1.82) is 0 Å². The third-order valence-electron chi connectivity index (χ3n) is 19.9. The summed E-state index contributed by atoms with van der Waals surface area (Å²) in [4.78, 5) is 0. The Balaban J connectivity index is 0.000000171. The molecule has 1 fully saturated rings. The van der Waals surface area contributed by atoms with Gasteiger partial charge in [0.1, 0.15) is 29.0 Å². The van der Waals surface area contributed by atoms with Gasteiger partial charge in [0.25, 0.3) is 0 Å². The number of ether oxygens (including phenoxy) is 2. The SMILES string of the molecule is CC1(C)OB(c2ccc(C(F)(F)Oc3cc(F)c(F)c(F)c3)cc2)OC1(C)C.CCCc1ccc(-c2ccc(-c3ccc(C(F)(F)Oc4cc(F)c(F)c(F)c4)cc3)c(F)c2)c(F)c1.CCCc1ccc(-c2ccc(OS(=O)(=O)C(F)(F)F)c(F)c2)c(F)c1.[Cl][Pd][Cl].c1ccc(P(c2ccccc2)c2ccccc2)cc1.c1ccc(P(c2ccccc2)c2ccccc2)cc1. The Morgan fingerprint density at radius 1 is 0.354 bits per heavy atom. The first-order valence-electron chi connectivity index (χ1n) is 39.7. The molecule has 14 aromatic rings. The molecule has 0 bridgehead atoms. The second-order valence-electron chi connectivity index (χ2n) is 29.6. The average Bonchev–Trinajstić information content (AvgIpc) is 1.60. The molecule has 15 rings (SSSR count). The van der Waals surface area contributed by atoms with Crippen LogP contribution in [-0.2, 0) is 60.4 Å². The summed E-state index contributed by atoms with van der Waals surface area (Å²) in [5.41, 5.74) is -4.98. The first kappa shape index (κ1) is 101. The van der Waals surface area contributed by atoms with Gasteiger partial charge in [-0.05, 0) is 176 Å². The van der Waals surface area contributed by atoms with E-state index >= 15 is 0 Å². The maximum absolute atomic E-state index is 14.9. The van der Waals surface area contributed by atoms with E-state index in [-0.39, 0.29) is 43.8 Å². The summed E-state index contributed by atoms with van der Waals surface area (Å²) in [5.74, 6) is -16.2. The second kappa shape index (κ2) is 45.9. The van der Waals surface area contributed by atoms with E-state index in [0.717, 1.165) is 66.8 Å². The number of benzene rings is 14. The molecule has 0 radical (unpaired) electrons. The van der Waals surface area contributed by atoms with E-state index in [4.69, 9.17) is 28.4 Å². The number of hydrogen-bond acceptors (Lipinski definition) is 7. The summed E-state index contributed by atoms with van der Waals surface area (Å²) in [6.07, 6.45) is -4.85. The fourth-order valence-electron chi connectivity index (χ4n) is 12.9. The summed E-state index contributed by atoms with van der Waals surface area (Å²) < 4.78 is 277. The van der Waals surface area contributed by atoms with Crippen molar-refractivity contribution in [3.63, 3.8) is 0 Å². The van der Waals surface area contributed by atoms with E-state index in [1.807, 2.05) is 41.5 Å². The zero-order chi connectivity index (χ0) is 94.3. The maximum Gasteiger partial charge on any atom is -0.0134 e. The molecule has 0 atom stereocenters. The van der Waals surface area contributed by atoms with Crippen molar-refractivity contribution in [2.45, 2.75) is 96.2 Å². The molecule has 7 nitrogen and oxygen atoms in total. The standard InChI is InChI=1S/C28H19F7O.C19H18BF5O3.2C18H15P.C16H13F5O3S.2ClH.Pd/c1-2-3-16-4-10-22(23(29)12-16)18-7-11-21(24(30)13-18)17-5-8-19(9-6-17)28(34,35)36-20-14-25(31)27(33)26(32)15-20;1-17(2)18(3,4)28-20(27-17)12-7-5-11(6-8-12)19(24,25)26-13-9-14(21)16(23)15(22)10-13;2*1-4-10-16(11-5-1)19(17-12-6-2-7-13-17)18-14-8-3-9-15-18;1-2-3-10-4-6-12(13(17)8-10)11-5-7-15(14(18)9-11)24-25(22,23)16(19,20)21;;;/h4-15H,2-3H2,1H3;5-10H,1-4H3;2*1-15H;4-9H,2-3H2,1H3;2*1H;/q;;;;;;;+2/p-2. The van der Waals surface area contributed by atoms with Crippen LogP contribution in [0.5, 0.6) is 17.2 Å². The van der Waals surface area contributed by atoms with Crippen molar-refractivity contribution in [2.24, 2.45) is 0 Å². The van der Waals surface area contributed by atoms with Crippen molar-refractivity contribution in [2.75, 3.05) is 0 Å². The Labute approximate surface area is 761 Å². The van der Waals surface area contributed by atoms with Crippen molar-refractivity contribution in [1.82, 2.24) is 0 Å². The van der Waals surface area contributed by atoms with Crippen LogP contribution in [0.3, 0.4) is 0 Å². The predicted octanol–water partition coefficient (Wildman–Crippen LogP) is 26.4. The first-order valence-corrected chi connectivity index (χ1v) is 47.8. The van der Waals surface area contributed by atoms with Gasteiger partial charge in [0.2, 0.25) is 0 Å². The summed E-state index contributed by atoms with van der Waals surface area (Å²) in [6, 6.07) is 91.0. The minimum absolute atomic E-state index is 0.0315. The molecule has 1 aliphatic rings. The minimum atomic E-state index is -5.98. The fourth-order valence-corrected chi connectivity index (χ4v) is 18.0. The Kier molecular flexibility index (Phi) is 35.8. The van der Waals surface area contributed by atoms with E-state index in [2.05, 4.69) is 196 Å². The predicted molar refractivity (Wildman–Crippen MR) is 478 cm³/mol. The molecule has 0 N–H and O–H groups in total. The largest absolute Gasteiger partial charge is 0.0622 e. The summed E-state index contributed by atoms with van der Waals surface area (Å²) in [5, 5.41) is 8.39. The van der Waals surface area contributed by atoms with E-state index in [1.54, 1.807) is 18.2 Å². The molecular formula is C99H80BCl2F17O7P2PdS. The minimum Gasteiger partial charge on any atom is -0.0622 e. The van der Waals surface area contributed by atoms with Gasteiger partial charge in [-0.2, -0.15) is 39.2 Å². The Bertz CT molecular complexity index is 5800. The van der Waals surface area contributed by atoms with Crippen LogP contribution in [0.2, 0.25) is 0 Å². The van der Waals surface area contributed by atoms with Crippen LogP contribution in [0.25, 0.3) is 33.4 Å². The van der Waals surface area contributed by atoms with Gasteiger partial charge in [0.15, 0.2) is 46.5 Å². The topological polar surface area (TPSA) is 80.3 Å². The zero-order valence-electron chi connectivity index (χ0n) is 69.7. The zero-order valence-corrected chi connectivity index (χ0v) is 75.4. The molecule has 1 aliphatic heterocycles.